The van der Waals surface area contributed by atoms with Crippen LogP contribution in [0.1, 0.15) is 67.3 Å². The third-order valence-corrected chi connectivity index (χ3v) is 11.0. The third-order valence-electron chi connectivity index (χ3n) is 8.52. The Labute approximate surface area is 320 Å². The van der Waals surface area contributed by atoms with E-state index in [0.29, 0.717) is 32.3 Å². The van der Waals surface area contributed by atoms with Crippen molar-refractivity contribution in [2.24, 2.45) is 0 Å². The number of carbonyl (C=O) groups is 4. The number of non-ortho nitro benzene ring substituents is 1. The zero-order valence-electron chi connectivity index (χ0n) is 29.2. The van der Waals surface area contributed by atoms with Gasteiger partial charge in [-0.25, -0.2) is 4.79 Å². The van der Waals surface area contributed by atoms with Crippen LogP contribution in [0, 0.1) is 10.1 Å². The van der Waals surface area contributed by atoms with Crippen molar-refractivity contribution < 1.29 is 28.8 Å². The first-order chi connectivity index (χ1) is 26.2. The van der Waals surface area contributed by atoms with Crippen LogP contribution in [0.3, 0.4) is 0 Å². The van der Waals surface area contributed by atoms with E-state index >= 15 is 0 Å². The zero-order valence-corrected chi connectivity index (χ0v) is 30.8. The first kappa shape index (κ1) is 37.7. The van der Waals surface area contributed by atoms with Crippen LogP contribution in [-0.4, -0.2) is 35.2 Å². The Bertz CT molecular complexity index is 2200. The Morgan fingerprint density at radius 2 is 1.59 bits per heavy atom. The highest BCUT2D eigenvalue weighted by atomic mass is 32.2. The molecule has 0 bridgehead atoms. The van der Waals surface area contributed by atoms with Gasteiger partial charge in [-0.15, -0.1) is 23.1 Å². The van der Waals surface area contributed by atoms with Gasteiger partial charge < -0.3 is 20.7 Å². The fourth-order valence-corrected chi connectivity index (χ4v) is 8.30. The summed E-state index contributed by atoms with van der Waals surface area (Å²) in [6, 6.07) is 30.2. The normalized spacial score (nSPS) is 12.9. The molecule has 0 radical (unpaired) electrons. The second-order valence-electron chi connectivity index (χ2n) is 12.2. The van der Waals surface area contributed by atoms with E-state index in [1.165, 1.54) is 53.4 Å². The number of nitrogens with zero attached hydrogens (tertiary/aromatic N) is 1. The summed E-state index contributed by atoms with van der Waals surface area (Å²) in [5, 5.41) is 19.5. The zero-order chi connectivity index (χ0) is 38.0. The number of esters is 1. The van der Waals surface area contributed by atoms with Gasteiger partial charge in [0.15, 0.2) is 0 Å². The van der Waals surface area contributed by atoms with E-state index in [2.05, 4.69) is 16.0 Å². The molecule has 0 saturated carbocycles. The van der Waals surface area contributed by atoms with Gasteiger partial charge in [-0.2, -0.15) is 0 Å². The smallest absolute Gasteiger partial charge is 0.341 e. The number of rotatable bonds is 13. The van der Waals surface area contributed by atoms with E-state index in [-0.39, 0.29) is 23.9 Å². The van der Waals surface area contributed by atoms with Crippen molar-refractivity contribution in [3.05, 3.63) is 158 Å². The molecule has 3 amide bonds. The number of thiophene rings is 1. The molecule has 274 valence electrons. The quantitative estimate of drug-likeness (QED) is 0.0354. The van der Waals surface area contributed by atoms with Crippen molar-refractivity contribution in [2.75, 3.05) is 17.2 Å². The average molecular weight is 761 g/mol. The molecule has 1 atom stereocenters. The lowest BCUT2D eigenvalue weighted by Crippen LogP contribution is -2.30. The number of hydrogen-bond donors (Lipinski definition) is 3. The number of benzene rings is 4. The highest BCUT2D eigenvalue weighted by molar-refractivity contribution is 8.00. The van der Waals surface area contributed by atoms with Crippen LogP contribution in [0.5, 0.6) is 0 Å². The Morgan fingerprint density at radius 1 is 0.889 bits per heavy atom. The number of carbonyl (C=O) groups excluding carboxylic acids is 4. The fraction of sp³-hybridized carbons (Fsp3) is 0.171. The number of nitrogens with one attached hydrogen (secondary N) is 3. The highest BCUT2D eigenvalue weighted by Gasteiger charge is 2.30. The maximum atomic E-state index is 14.1. The van der Waals surface area contributed by atoms with Gasteiger partial charge >= 0.3 is 5.97 Å². The molecular formula is C41H36N4O7S2. The Kier molecular flexibility index (Phi) is 12.3. The summed E-state index contributed by atoms with van der Waals surface area (Å²) in [4.78, 5) is 66.5. The van der Waals surface area contributed by atoms with Gasteiger partial charge in [0.2, 0.25) is 5.91 Å². The summed E-state index contributed by atoms with van der Waals surface area (Å²) < 4.78 is 5.39. The van der Waals surface area contributed by atoms with E-state index in [1.54, 1.807) is 55.5 Å². The van der Waals surface area contributed by atoms with Crippen LogP contribution < -0.4 is 16.0 Å². The molecule has 1 aromatic heterocycles. The summed E-state index contributed by atoms with van der Waals surface area (Å²) >= 11 is 2.70. The molecule has 11 nitrogen and oxygen atoms in total. The van der Waals surface area contributed by atoms with Crippen molar-refractivity contribution >= 4 is 69.2 Å². The van der Waals surface area contributed by atoms with Crippen LogP contribution in [0.2, 0.25) is 0 Å². The van der Waals surface area contributed by atoms with Crippen LogP contribution >= 0.6 is 23.1 Å². The Balaban J connectivity index is 1.25. The molecular weight excluding hydrogens is 725 g/mol. The molecule has 1 aliphatic rings. The van der Waals surface area contributed by atoms with Gasteiger partial charge in [-0.1, -0.05) is 54.6 Å². The summed E-state index contributed by atoms with van der Waals surface area (Å²) in [6.45, 7) is 1.98. The first-order valence-electron chi connectivity index (χ1n) is 17.3. The van der Waals surface area contributed by atoms with E-state index in [4.69, 9.17) is 4.74 Å². The van der Waals surface area contributed by atoms with E-state index < -0.39 is 28.0 Å². The first-order valence-corrected chi connectivity index (χ1v) is 19.0. The van der Waals surface area contributed by atoms with E-state index in [1.807, 2.05) is 36.4 Å². The molecule has 13 heteroatoms. The third kappa shape index (κ3) is 9.29. The number of aryl methyl sites for hydroxylation is 1. The van der Waals surface area contributed by atoms with Crippen molar-refractivity contribution in [3.63, 3.8) is 0 Å². The minimum atomic E-state index is -0.728. The molecule has 0 fully saturated rings. The van der Waals surface area contributed by atoms with Crippen molar-refractivity contribution in [3.8, 4) is 0 Å². The van der Waals surface area contributed by atoms with Gasteiger partial charge in [-0.3, -0.25) is 24.5 Å². The Morgan fingerprint density at radius 3 is 2.30 bits per heavy atom. The van der Waals surface area contributed by atoms with Crippen molar-refractivity contribution in [2.45, 2.75) is 42.8 Å². The second-order valence-corrected chi connectivity index (χ2v) is 14.5. The maximum Gasteiger partial charge on any atom is 0.341 e. The second kappa shape index (κ2) is 17.6. The number of anilines is 2. The number of nitro benzene ring substituents is 1. The SMILES string of the molecule is CCOC(=O)c1c(NC(=O)C(Sc2cccc(NC(=O)/C(=C\c3ccc([N+](=O)[O-])cc3)NC(=O)c3ccccc3)c2)c2ccccc2)sc2c1CCCC2. The van der Waals surface area contributed by atoms with Gasteiger partial charge in [0.25, 0.3) is 17.5 Å². The lowest BCUT2D eigenvalue weighted by Gasteiger charge is -2.18. The molecule has 1 aliphatic carbocycles. The lowest BCUT2D eigenvalue weighted by molar-refractivity contribution is -0.384. The molecule has 6 rings (SSSR count). The predicted molar refractivity (Wildman–Crippen MR) is 211 cm³/mol. The van der Waals surface area contributed by atoms with Gasteiger partial charge in [0.1, 0.15) is 15.9 Å². The number of thioether (sulfide) groups is 1. The van der Waals surface area contributed by atoms with Crippen LogP contribution in [0.25, 0.3) is 6.08 Å². The van der Waals surface area contributed by atoms with Gasteiger partial charge in [0, 0.05) is 33.2 Å². The van der Waals surface area contributed by atoms with Gasteiger partial charge in [-0.05, 0) is 97.8 Å². The largest absolute Gasteiger partial charge is 0.462 e. The molecule has 4 aromatic carbocycles. The Hall–Kier alpha value is -6.05. The molecule has 5 aromatic rings. The number of ether oxygens (including phenoxy) is 1. The molecule has 0 aliphatic heterocycles. The number of fused-ring (bicyclic) bond motifs is 1. The summed E-state index contributed by atoms with van der Waals surface area (Å²) in [5.41, 5.74) is 3.11. The summed E-state index contributed by atoms with van der Waals surface area (Å²) in [6.07, 6.45) is 5.02. The molecule has 0 spiro atoms. The molecule has 54 heavy (non-hydrogen) atoms. The van der Waals surface area contributed by atoms with E-state index in [9.17, 15) is 29.3 Å². The molecule has 1 heterocycles. The maximum absolute atomic E-state index is 14.1. The predicted octanol–water partition coefficient (Wildman–Crippen LogP) is 8.59. The number of nitro groups is 1. The van der Waals surface area contributed by atoms with Crippen molar-refractivity contribution in [1.82, 2.24) is 5.32 Å². The van der Waals surface area contributed by atoms with Gasteiger partial charge in [0.05, 0.1) is 17.1 Å². The summed E-state index contributed by atoms with van der Waals surface area (Å²) in [7, 11) is 0. The monoisotopic (exact) mass is 760 g/mol. The number of amides is 3. The number of hydrogen-bond acceptors (Lipinski definition) is 9. The minimum absolute atomic E-state index is 0.0895. The lowest BCUT2D eigenvalue weighted by atomic mass is 9.95. The van der Waals surface area contributed by atoms with Crippen LogP contribution in [0.15, 0.2) is 120 Å². The van der Waals surface area contributed by atoms with E-state index in [0.717, 1.165) is 41.7 Å². The van der Waals surface area contributed by atoms with Crippen LogP contribution in [-0.2, 0) is 27.2 Å². The molecule has 0 saturated heterocycles. The fourth-order valence-electron chi connectivity index (χ4n) is 5.93. The molecule has 1 unspecified atom stereocenters. The van der Waals surface area contributed by atoms with Crippen LogP contribution in [0.4, 0.5) is 16.4 Å². The standard InChI is InChI=1S/C41H36N4O7S2/c1-2-52-41(49)35-32-18-9-10-19-34(32)54-40(35)44-39(48)36(27-12-5-3-6-13-27)53-31-17-11-16-29(25-31)42-38(47)33(43-37(46)28-14-7-4-8-15-28)24-26-20-22-30(23-21-26)45(50)51/h3-8,11-17,20-25,36H,2,9-10,18-19H2,1H3,(H,42,47)(H,43,46)(H,44,48)/b33-24+. The average Bonchev–Trinajstić information content (AvgIpc) is 3.55. The summed E-state index contributed by atoms with van der Waals surface area (Å²) in [5.74, 6) is -1.91. The highest BCUT2D eigenvalue weighted by Crippen LogP contribution is 2.41. The topological polar surface area (TPSA) is 157 Å². The molecule has 3 N–H and O–H groups in total. The van der Waals surface area contributed by atoms with Crippen molar-refractivity contribution in [1.29, 1.82) is 0 Å². The minimum Gasteiger partial charge on any atom is -0.462 e.